The number of esters is 1. The van der Waals surface area contributed by atoms with Crippen LogP contribution in [0, 0.1) is 11.8 Å². The van der Waals surface area contributed by atoms with Crippen LogP contribution in [0.1, 0.15) is 69.3 Å². The first-order valence-corrected chi connectivity index (χ1v) is 26.1. The van der Waals surface area contributed by atoms with Crippen molar-refractivity contribution in [3.8, 4) is 11.1 Å². The Kier molecular flexibility index (Phi) is 19.6. The average Bonchev–Trinajstić information content (AvgIpc) is 4.17. The highest BCUT2D eigenvalue weighted by Gasteiger charge is 2.41. The molecular formula is C59H71N7O10. The maximum Gasteiger partial charge on any atom is 0.407 e. The Morgan fingerprint density at radius 3 is 1.70 bits per heavy atom. The molecule has 0 spiro atoms. The molecule has 0 bridgehead atoms. The summed E-state index contributed by atoms with van der Waals surface area (Å²) in [6, 6.07) is 37.1. The molecule has 3 fully saturated rings. The zero-order valence-corrected chi connectivity index (χ0v) is 44.4. The molecule has 0 aromatic heterocycles. The van der Waals surface area contributed by atoms with Crippen molar-refractivity contribution < 1.29 is 47.8 Å². The minimum Gasteiger partial charge on any atom is -0.456 e. The van der Waals surface area contributed by atoms with Crippen LogP contribution in [0.5, 0.6) is 0 Å². The minimum absolute atomic E-state index is 0.146. The van der Waals surface area contributed by atoms with E-state index < -0.39 is 48.9 Å². The number of carbonyl (C=O) groups is 7. The Morgan fingerprint density at radius 2 is 1.12 bits per heavy atom. The van der Waals surface area contributed by atoms with Gasteiger partial charge in [0.15, 0.2) is 12.4 Å². The van der Waals surface area contributed by atoms with Gasteiger partial charge in [0.2, 0.25) is 17.7 Å². The summed E-state index contributed by atoms with van der Waals surface area (Å²) in [5.74, 6) is -2.14. The fraction of sp³-hybridized carbons (Fsp3) is 0.407. The van der Waals surface area contributed by atoms with Gasteiger partial charge in [-0.15, -0.1) is 0 Å². The molecule has 3 N–H and O–H groups in total. The third-order valence-corrected chi connectivity index (χ3v) is 14.2. The first-order chi connectivity index (χ1) is 36.6. The van der Waals surface area contributed by atoms with Crippen LogP contribution < -0.4 is 20.9 Å². The number of fused-ring (bicyclic) bond motifs is 1. The molecule has 402 valence electrons. The summed E-state index contributed by atoms with van der Waals surface area (Å²) < 4.78 is 14.7. The molecule has 4 atom stereocenters. The fourth-order valence-electron chi connectivity index (χ4n) is 9.87. The van der Waals surface area contributed by atoms with Crippen molar-refractivity contribution in [1.29, 1.82) is 0 Å². The Morgan fingerprint density at radius 1 is 0.579 bits per heavy atom. The Hall–Kier alpha value is -7.79. The van der Waals surface area contributed by atoms with Gasteiger partial charge in [0, 0.05) is 62.8 Å². The standard InChI is InChI=1S/C31H40N4O6.C28H31N3O4/c1-22(2)28(32-31(39)40-3)29(37)35-15-7-10-26(35)30(38)41-21-27(36)24-11-13-25(14-12-24)34-18-16-33(17-19-34)20-23-8-5-4-6-9-23;1-18(2)25(30-28(34)35-3)27(33)31-15-7-10-24(31)26(32)29-23-14-13-21-16-20(11-12-22(21)17-23)19-8-5-4-6-9-19/h4-6,8-9,11-14,22,26,28H,7,10,15-21H2,1-3H3,(H,32,39);4-6,8-9,11-14,16-18,24-25H,7,10,15H2,1-3H3,(H,29,32)(H,30,34)/t26-,28-;24-,25-/m00/s1. The second-order valence-corrected chi connectivity index (χ2v) is 20.1. The number of amides is 5. The minimum atomic E-state index is -0.831. The molecule has 0 saturated carbocycles. The van der Waals surface area contributed by atoms with Gasteiger partial charge in [0.1, 0.15) is 24.2 Å². The zero-order valence-electron chi connectivity index (χ0n) is 44.4. The highest BCUT2D eigenvalue weighted by molar-refractivity contribution is 6.01. The number of alkyl carbamates (subject to hydrolysis) is 2. The van der Waals surface area contributed by atoms with Gasteiger partial charge in [-0.2, -0.15) is 0 Å². The van der Waals surface area contributed by atoms with E-state index in [9.17, 15) is 33.6 Å². The van der Waals surface area contributed by atoms with Gasteiger partial charge in [-0.25, -0.2) is 14.4 Å². The first-order valence-electron chi connectivity index (χ1n) is 26.1. The number of likely N-dealkylation sites (tertiary alicyclic amines) is 2. The van der Waals surface area contributed by atoms with Crippen molar-refractivity contribution in [2.75, 3.05) is 70.3 Å². The molecule has 5 aromatic rings. The van der Waals surface area contributed by atoms with Crippen LogP contribution in [0.25, 0.3) is 21.9 Å². The molecular weight excluding hydrogens is 967 g/mol. The molecule has 17 nitrogen and oxygen atoms in total. The predicted molar refractivity (Wildman–Crippen MR) is 291 cm³/mol. The Balaban J connectivity index is 0.000000224. The first kappa shape index (κ1) is 55.9. The summed E-state index contributed by atoms with van der Waals surface area (Å²) in [5, 5.41) is 10.2. The molecule has 5 amide bonds. The smallest absolute Gasteiger partial charge is 0.407 e. The zero-order chi connectivity index (χ0) is 54.3. The summed E-state index contributed by atoms with van der Waals surface area (Å²) in [6.07, 6.45) is 1.00. The van der Waals surface area contributed by atoms with Crippen LogP contribution in [0.4, 0.5) is 21.0 Å². The number of nitrogens with zero attached hydrogens (tertiary/aromatic N) is 4. The number of ether oxygens (including phenoxy) is 3. The van der Waals surface area contributed by atoms with Crippen molar-refractivity contribution in [2.45, 2.75) is 84.1 Å². The SMILES string of the molecule is COC(=O)N[C@H](C(=O)N1CCC[C@H]1C(=O)Nc1ccc2cc(-c3ccccc3)ccc2c1)C(C)C.COC(=O)N[C@H](C(=O)N1CCC[C@H]1C(=O)OCC(=O)c1ccc(N2CCN(Cc3ccccc3)CC2)cc1)C(C)C. The quantitative estimate of drug-likeness (QED) is 0.0492. The van der Waals surface area contributed by atoms with E-state index in [-0.39, 0.29) is 35.3 Å². The van der Waals surface area contributed by atoms with Gasteiger partial charge in [-0.05, 0) is 107 Å². The van der Waals surface area contributed by atoms with E-state index >= 15 is 0 Å². The molecule has 3 aliphatic heterocycles. The van der Waals surface area contributed by atoms with Crippen molar-refractivity contribution in [2.24, 2.45) is 11.8 Å². The number of hydrogen-bond acceptors (Lipinski definition) is 12. The maximum absolute atomic E-state index is 13.2. The van der Waals surface area contributed by atoms with Crippen molar-refractivity contribution in [3.63, 3.8) is 0 Å². The molecule has 8 rings (SSSR count). The monoisotopic (exact) mass is 1040 g/mol. The topological polar surface area (TPSA) is 196 Å². The number of hydrogen-bond donors (Lipinski definition) is 3. The van der Waals surface area contributed by atoms with Gasteiger partial charge in [0.25, 0.3) is 0 Å². The third kappa shape index (κ3) is 14.5. The number of ketones is 1. The largest absolute Gasteiger partial charge is 0.456 e. The lowest BCUT2D eigenvalue weighted by molar-refractivity contribution is -0.153. The van der Waals surface area contributed by atoms with Crippen LogP contribution in [0.2, 0.25) is 0 Å². The third-order valence-electron chi connectivity index (χ3n) is 14.2. The van der Waals surface area contributed by atoms with Gasteiger partial charge in [-0.3, -0.25) is 24.1 Å². The Bertz CT molecular complexity index is 2800. The van der Waals surface area contributed by atoms with E-state index in [0.29, 0.717) is 43.6 Å². The van der Waals surface area contributed by atoms with E-state index in [2.05, 4.69) is 83.8 Å². The van der Waals surface area contributed by atoms with Crippen LogP contribution in [-0.4, -0.2) is 141 Å². The number of rotatable bonds is 16. The van der Waals surface area contributed by atoms with Crippen LogP contribution >= 0.6 is 0 Å². The van der Waals surface area contributed by atoms with Crippen molar-refractivity contribution in [3.05, 3.63) is 132 Å². The van der Waals surface area contributed by atoms with Gasteiger partial charge in [0.05, 0.1) is 14.2 Å². The highest BCUT2D eigenvalue weighted by Crippen LogP contribution is 2.28. The maximum atomic E-state index is 13.2. The summed E-state index contributed by atoms with van der Waals surface area (Å²) in [4.78, 5) is 96.4. The lowest BCUT2D eigenvalue weighted by Gasteiger charge is -2.36. The van der Waals surface area contributed by atoms with Crippen molar-refractivity contribution >= 4 is 63.8 Å². The molecule has 3 aliphatic rings. The van der Waals surface area contributed by atoms with Crippen LogP contribution in [-0.2, 0) is 39.9 Å². The normalized spacial score (nSPS) is 17.3. The van der Waals surface area contributed by atoms with E-state index in [1.54, 1.807) is 30.9 Å². The number of anilines is 2. The lowest BCUT2D eigenvalue weighted by Crippen LogP contribution is -2.54. The van der Waals surface area contributed by atoms with Gasteiger partial charge >= 0.3 is 18.2 Å². The second kappa shape index (κ2) is 26.6. The van der Waals surface area contributed by atoms with E-state index in [4.69, 9.17) is 4.74 Å². The number of nitrogens with one attached hydrogen (secondary N) is 3. The van der Waals surface area contributed by atoms with Gasteiger partial charge in [-0.1, -0.05) is 107 Å². The summed E-state index contributed by atoms with van der Waals surface area (Å²) >= 11 is 0. The molecule has 5 aromatic carbocycles. The highest BCUT2D eigenvalue weighted by atomic mass is 16.5. The van der Waals surface area contributed by atoms with E-state index in [1.807, 2.05) is 74.5 Å². The predicted octanol–water partition coefficient (Wildman–Crippen LogP) is 7.92. The summed E-state index contributed by atoms with van der Waals surface area (Å²) in [5.41, 5.74) is 5.80. The molecule has 3 saturated heterocycles. The van der Waals surface area contributed by atoms with Crippen LogP contribution in [0.15, 0.2) is 121 Å². The van der Waals surface area contributed by atoms with Crippen molar-refractivity contribution in [1.82, 2.24) is 25.3 Å². The lowest BCUT2D eigenvalue weighted by atomic mass is 10.0. The number of benzene rings is 5. The molecule has 0 aliphatic carbocycles. The molecule has 76 heavy (non-hydrogen) atoms. The average molecular weight is 1040 g/mol. The van der Waals surface area contributed by atoms with Crippen LogP contribution in [0.3, 0.4) is 0 Å². The summed E-state index contributed by atoms with van der Waals surface area (Å²) in [6.45, 7) is 12.4. The second-order valence-electron chi connectivity index (χ2n) is 20.1. The van der Waals surface area contributed by atoms with E-state index in [0.717, 1.165) is 66.7 Å². The van der Waals surface area contributed by atoms with Gasteiger partial charge < -0.3 is 44.9 Å². The Labute approximate surface area is 445 Å². The van der Waals surface area contributed by atoms with E-state index in [1.165, 1.54) is 24.7 Å². The molecule has 17 heteroatoms. The number of Topliss-reactive ketones (excluding diaryl/α,β-unsaturated/α-hetero) is 1. The summed E-state index contributed by atoms with van der Waals surface area (Å²) in [7, 11) is 2.49. The number of carbonyl (C=O) groups excluding carboxylic acids is 7. The number of methoxy groups -OCH3 is 2. The fourth-order valence-corrected chi connectivity index (χ4v) is 9.87. The molecule has 0 unspecified atom stereocenters. The molecule has 3 heterocycles. The molecule has 0 radical (unpaired) electrons. The number of piperazine rings is 1.